The summed E-state index contributed by atoms with van der Waals surface area (Å²) in [5, 5.41) is 4.34. The fourth-order valence-corrected chi connectivity index (χ4v) is 3.41. The molecule has 29 heavy (non-hydrogen) atoms. The maximum atomic E-state index is 12.3. The van der Waals surface area contributed by atoms with Crippen LogP contribution in [-0.4, -0.2) is 20.9 Å². The lowest BCUT2D eigenvalue weighted by molar-refractivity contribution is -0.116. The Morgan fingerprint density at radius 3 is 2.72 bits per heavy atom. The molecule has 1 amide bonds. The van der Waals surface area contributed by atoms with Gasteiger partial charge in [-0.15, -0.1) is 0 Å². The Bertz CT molecular complexity index is 1340. The number of fused-ring (bicyclic) bond motifs is 2. The van der Waals surface area contributed by atoms with Crippen molar-refractivity contribution in [3.05, 3.63) is 80.6 Å². The van der Waals surface area contributed by atoms with Gasteiger partial charge in [0.15, 0.2) is 0 Å². The van der Waals surface area contributed by atoms with Crippen LogP contribution in [0.3, 0.4) is 0 Å². The molecule has 0 aliphatic rings. The van der Waals surface area contributed by atoms with Gasteiger partial charge in [0.25, 0.3) is 5.56 Å². The second-order valence-corrected chi connectivity index (χ2v) is 7.01. The average molecular weight is 388 g/mol. The van der Waals surface area contributed by atoms with E-state index in [9.17, 15) is 14.4 Å². The molecule has 2 aromatic carbocycles. The zero-order chi connectivity index (χ0) is 20.4. The molecular formula is C22H20N4O3. The van der Waals surface area contributed by atoms with Crippen LogP contribution in [0.25, 0.3) is 21.8 Å². The van der Waals surface area contributed by atoms with Gasteiger partial charge in [-0.2, -0.15) is 0 Å². The Hall–Kier alpha value is -3.74. The summed E-state index contributed by atoms with van der Waals surface area (Å²) in [7, 11) is 0. The number of para-hydroxylation sites is 1. The van der Waals surface area contributed by atoms with Gasteiger partial charge < -0.3 is 15.3 Å². The summed E-state index contributed by atoms with van der Waals surface area (Å²) < 4.78 is 0. The first-order valence-electron chi connectivity index (χ1n) is 9.41. The van der Waals surface area contributed by atoms with Gasteiger partial charge in [0.1, 0.15) is 5.82 Å². The van der Waals surface area contributed by atoms with E-state index in [4.69, 9.17) is 0 Å². The van der Waals surface area contributed by atoms with Gasteiger partial charge in [-0.25, -0.2) is 4.98 Å². The second-order valence-electron chi connectivity index (χ2n) is 7.01. The predicted octanol–water partition coefficient (Wildman–Crippen LogP) is 3.03. The van der Waals surface area contributed by atoms with E-state index < -0.39 is 0 Å². The van der Waals surface area contributed by atoms with Crippen molar-refractivity contribution in [3.8, 4) is 0 Å². The summed E-state index contributed by atoms with van der Waals surface area (Å²) in [6, 6.07) is 14.2. The highest BCUT2D eigenvalue weighted by atomic mass is 16.1. The van der Waals surface area contributed by atoms with Crippen LogP contribution in [0.15, 0.2) is 58.1 Å². The number of pyridine rings is 1. The zero-order valence-electron chi connectivity index (χ0n) is 15.9. The lowest BCUT2D eigenvalue weighted by atomic mass is 10.1. The molecule has 0 fully saturated rings. The van der Waals surface area contributed by atoms with Crippen LogP contribution in [0.4, 0.5) is 5.69 Å². The van der Waals surface area contributed by atoms with E-state index in [0.717, 1.165) is 10.9 Å². The van der Waals surface area contributed by atoms with E-state index in [-0.39, 0.29) is 17.0 Å². The van der Waals surface area contributed by atoms with E-state index in [0.29, 0.717) is 47.2 Å². The summed E-state index contributed by atoms with van der Waals surface area (Å²) in [4.78, 5) is 46.0. The SMILES string of the molecule is Cc1cc(=O)[nH]c2cc(NC(=O)CCCc3nc4ccccc4c(=O)[nH]3)ccc12. The molecule has 0 aliphatic heterocycles. The highest BCUT2D eigenvalue weighted by Crippen LogP contribution is 2.19. The summed E-state index contributed by atoms with van der Waals surface area (Å²) in [5.41, 5.74) is 2.51. The maximum Gasteiger partial charge on any atom is 0.258 e. The van der Waals surface area contributed by atoms with Crippen molar-refractivity contribution >= 4 is 33.4 Å². The Balaban J connectivity index is 1.40. The number of carbonyl (C=O) groups excluding carboxylic acids is 1. The van der Waals surface area contributed by atoms with Gasteiger partial charge in [-0.3, -0.25) is 14.4 Å². The van der Waals surface area contributed by atoms with Gasteiger partial charge in [0.2, 0.25) is 11.5 Å². The van der Waals surface area contributed by atoms with Crippen LogP contribution in [0.5, 0.6) is 0 Å². The van der Waals surface area contributed by atoms with E-state index in [1.54, 1.807) is 30.3 Å². The molecule has 2 aromatic heterocycles. The molecule has 7 heteroatoms. The molecule has 0 spiro atoms. The van der Waals surface area contributed by atoms with Crippen molar-refractivity contribution in [1.29, 1.82) is 0 Å². The number of aromatic nitrogens is 3. The molecule has 3 N–H and O–H groups in total. The van der Waals surface area contributed by atoms with Crippen LogP contribution < -0.4 is 16.4 Å². The lowest BCUT2D eigenvalue weighted by Crippen LogP contribution is -2.14. The molecular weight excluding hydrogens is 368 g/mol. The van der Waals surface area contributed by atoms with Gasteiger partial charge in [0, 0.05) is 30.0 Å². The van der Waals surface area contributed by atoms with Gasteiger partial charge >= 0.3 is 0 Å². The molecule has 0 bridgehead atoms. The van der Waals surface area contributed by atoms with E-state index in [2.05, 4.69) is 20.3 Å². The van der Waals surface area contributed by atoms with Crippen LogP contribution in [0, 0.1) is 6.92 Å². The predicted molar refractivity (Wildman–Crippen MR) is 113 cm³/mol. The molecule has 4 aromatic rings. The monoisotopic (exact) mass is 388 g/mol. The molecule has 2 heterocycles. The summed E-state index contributed by atoms with van der Waals surface area (Å²) in [5.74, 6) is 0.433. The van der Waals surface area contributed by atoms with Crippen molar-refractivity contribution in [2.45, 2.75) is 26.2 Å². The first-order chi connectivity index (χ1) is 14.0. The topological polar surface area (TPSA) is 108 Å². The van der Waals surface area contributed by atoms with Crippen molar-refractivity contribution < 1.29 is 4.79 Å². The van der Waals surface area contributed by atoms with Crippen LogP contribution in [-0.2, 0) is 11.2 Å². The number of nitrogens with zero attached hydrogens (tertiary/aromatic N) is 1. The second kappa shape index (κ2) is 7.71. The number of benzene rings is 2. The number of aryl methyl sites for hydroxylation is 2. The molecule has 0 saturated heterocycles. The van der Waals surface area contributed by atoms with E-state index in [1.165, 1.54) is 0 Å². The minimum absolute atomic E-state index is 0.137. The van der Waals surface area contributed by atoms with Gasteiger partial charge in [-0.05, 0) is 43.2 Å². The third-order valence-electron chi connectivity index (χ3n) is 4.81. The number of amides is 1. The molecule has 0 unspecified atom stereocenters. The first kappa shape index (κ1) is 18.6. The summed E-state index contributed by atoms with van der Waals surface area (Å²) in [6.45, 7) is 1.88. The third kappa shape index (κ3) is 4.08. The van der Waals surface area contributed by atoms with Crippen LogP contribution in [0.2, 0.25) is 0 Å². The van der Waals surface area contributed by atoms with Gasteiger partial charge in [-0.1, -0.05) is 18.2 Å². The molecule has 0 saturated carbocycles. The normalized spacial score (nSPS) is 11.1. The lowest BCUT2D eigenvalue weighted by Gasteiger charge is -2.08. The van der Waals surface area contributed by atoms with E-state index >= 15 is 0 Å². The number of rotatable bonds is 5. The van der Waals surface area contributed by atoms with Crippen molar-refractivity contribution in [1.82, 2.24) is 15.0 Å². The fraction of sp³-hybridized carbons (Fsp3) is 0.182. The third-order valence-corrected chi connectivity index (χ3v) is 4.81. The largest absolute Gasteiger partial charge is 0.326 e. The average Bonchev–Trinajstić information content (AvgIpc) is 2.67. The standard InChI is InChI=1S/C22H20N4O3/c1-13-11-21(28)25-18-12-14(9-10-15(13)18)23-20(27)8-4-7-19-24-17-6-3-2-5-16(17)22(29)26-19/h2-3,5-6,9-12H,4,7-8H2,1H3,(H,23,27)(H,25,28)(H,24,26,29). The molecule has 0 atom stereocenters. The molecule has 7 nitrogen and oxygen atoms in total. The van der Waals surface area contributed by atoms with Crippen LogP contribution >= 0.6 is 0 Å². The quantitative estimate of drug-likeness (QED) is 0.488. The number of anilines is 1. The Morgan fingerprint density at radius 1 is 1.03 bits per heavy atom. The molecule has 146 valence electrons. The Labute approximate surface area is 165 Å². The van der Waals surface area contributed by atoms with Crippen LogP contribution in [0.1, 0.15) is 24.2 Å². The molecule has 4 rings (SSSR count). The zero-order valence-corrected chi connectivity index (χ0v) is 15.9. The summed E-state index contributed by atoms with van der Waals surface area (Å²) in [6.07, 6.45) is 1.34. The first-order valence-corrected chi connectivity index (χ1v) is 9.41. The number of hydrogen-bond acceptors (Lipinski definition) is 4. The molecule has 0 radical (unpaired) electrons. The van der Waals surface area contributed by atoms with E-state index in [1.807, 2.05) is 25.1 Å². The number of H-pyrrole nitrogens is 2. The number of aromatic amines is 2. The highest BCUT2D eigenvalue weighted by molar-refractivity contribution is 5.94. The molecule has 0 aliphatic carbocycles. The fourth-order valence-electron chi connectivity index (χ4n) is 3.41. The van der Waals surface area contributed by atoms with Crippen molar-refractivity contribution in [2.24, 2.45) is 0 Å². The highest BCUT2D eigenvalue weighted by Gasteiger charge is 2.07. The number of carbonyl (C=O) groups is 1. The maximum absolute atomic E-state index is 12.3. The summed E-state index contributed by atoms with van der Waals surface area (Å²) >= 11 is 0. The minimum Gasteiger partial charge on any atom is -0.326 e. The van der Waals surface area contributed by atoms with Crippen molar-refractivity contribution in [3.63, 3.8) is 0 Å². The number of hydrogen-bond donors (Lipinski definition) is 3. The number of nitrogens with one attached hydrogen (secondary N) is 3. The minimum atomic E-state index is -0.171. The smallest absolute Gasteiger partial charge is 0.258 e. The Morgan fingerprint density at radius 2 is 1.86 bits per heavy atom. The Kier molecular flexibility index (Phi) is 4.95. The van der Waals surface area contributed by atoms with Crippen molar-refractivity contribution in [2.75, 3.05) is 5.32 Å². The van der Waals surface area contributed by atoms with Gasteiger partial charge in [0.05, 0.1) is 16.4 Å².